The number of amides is 1. The van der Waals surface area contributed by atoms with E-state index < -0.39 is 0 Å². The van der Waals surface area contributed by atoms with Crippen molar-refractivity contribution in [1.82, 2.24) is 9.88 Å². The summed E-state index contributed by atoms with van der Waals surface area (Å²) in [6, 6.07) is 2.02. The van der Waals surface area contributed by atoms with E-state index in [2.05, 4.69) is 24.1 Å². The van der Waals surface area contributed by atoms with Gasteiger partial charge >= 0.3 is 0 Å². The Hall–Kier alpha value is -1.58. The highest BCUT2D eigenvalue weighted by atomic mass is 16.2. The van der Waals surface area contributed by atoms with E-state index in [9.17, 15) is 4.79 Å². The van der Waals surface area contributed by atoms with Gasteiger partial charge in [0.05, 0.1) is 17.4 Å². The van der Waals surface area contributed by atoms with Gasteiger partial charge in [0.1, 0.15) is 0 Å². The van der Waals surface area contributed by atoms with Crippen molar-refractivity contribution >= 4 is 11.6 Å². The maximum absolute atomic E-state index is 12.4. The normalized spacial score (nSPS) is 12.0. The first-order valence-electron chi connectivity index (χ1n) is 6.08. The maximum Gasteiger partial charge on any atom is 0.256 e. The van der Waals surface area contributed by atoms with Crippen LogP contribution in [0.3, 0.4) is 0 Å². The molecule has 1 N–H and O–H groups in total. The van der Waals surface area contributed by atoms with Crippen LogP contribution in [0.15, 0.2) is 18.5 Å². The summed E-state index contributed by atoms with van der Waals surface area (Å²) in [4.78, 5) is 18.3. The van der Waals surface area contributed by atoms with Crippen LogP contribution in [-0.4, -0.2) is 35.4 Å². The second-order valence-corrected chi connectivity index (χ2v) is 4.02. The van der Waals surface area contributed by atoms with Crippen molar-refractivity contribution in [1.29, 1.82) is 0 Å². The van der Waals surface area contributed by atoms with E-state index in [1.165, 1.54) is 0 Å². The molecule has 1 aromatic heterocycles. The SMILES string of the molecule is CCC(C)N(CC)C(=O)c1ccncc1NC. The number of carbonyl (C=O) groups is 1. The quantitative estimate of drug-likeness (QED) is 0.852. The number of nitrogens with one attached hydrogen (secondary N) is 1. The topological polar surface area (TPSA) is 45.2 Å². The molecule has 1 heterocycles. The van der Waals surface area contributed by atoms with E-state index >= 15 is 0 Å². The Labute approximate surface area is 103 Å². The molecule has 0 radical (unpaired) electrons. The van der Waals surface area contributed by atoms with Crippen LogP contribution in [0.25, 0.3) is 0 Å². The molecule has 0 fully saturated rings. The van der Waals surface area contributed by atoms with Crippen molar-refractivity contribution in [2.45, 2.75) is 33.2 Å². The third-order valence-electron chi connectivity index (χ3n) is 3.05. The van der Waals surface area contributed by atoms with Gasteiger partial charge in [-0.1, -0.05) is 6.92 Å². The van der Waals surface area contributed by atoms with Gasteiger partial charge in [-0.05, 0) is 26.3 Å². The Balaban J connectivity index is 3.01. The van der Waals surface area contributed by atoms with Crippen LogP contribution in [0.5, 0.6) is 0 Å². The number of hydrogen-bond acceptors (Lipinski definition) is 3. The summed E-state index contributed by atoms with van der Waals surface area (Å²) in [5, 5.41) is 3.00. The largest absolute Gasteiger partial charge is 0.386 e. The molecule has 0 aliphatic carbocycles. The standard InChI is InChI=1S/C13H21N3O/c1-5-10(3)16(6-2)13(17)11-7-8-15-9-12(11)14-4/h7-10,14H,5-6H2,1-4H3. The first kappa shape index (κ1) is 13.5. The van der Waals surface area contributed by atoms with E-state index in [-0.39, 0.29) is 11.9 Å². The average Bonchev–Trinajstić information content (AvgIpc) is 2.38. The predicted molar refractivity (Wildman–Crippen MR) is 70.2 cm³/mol. The summed E-state index contributed by atoms with van der Waals surface area (Å²) in [5.41, 5.74) is 1.46. The van der Waals surface area contributed by atoms with Crippen molar-refractivity contribution in [3.05, 3.63) is 24.0 Å². The predicted octanol–water partition coefficient (Wildman–Crippen LogP) is 2.38. The van der Waals surface area contributed by atoms with Crippen LogP contribution in [0.2, 0.25) is 0 Å². The van der Waals surface area contributed by atoms with Gasteiger partial charge < -0.3 is 10.2 Å². The molecule has 0 bridgehead atoms. The smallest absolute Gasteiger partial charge is 0.256 e. The Morgan fingerprint density at radius 3 is 2.76 bits per heavy atom. The first-order valence-corrected chi connectivity index (χ1v) is 6.08. The highest BCUT2D eigenvalue weighted by Crippen LogP contribution is 2.17. The zero-order valence-electron chi connectivity index (χ0n) is 11.0. The molecule has 0 spiro atoms. The average molecular weight is 235 g/mol. The molecule has 0 saturated heterocycles. The highest BCUT2D eigenvalue weighted by Gasteiger charge is 2.20. The molecule has 4 nitrogen and oxygen atoms in total. The lowest BCUT2D eigenvalue weighted by atomic mass is 10.1. The van der Waals surface area contributed by atoms with Crippen LogP contribution in [-0.2, 0) is 0 Å². The second-order valence-electron chi connectivity index (χ2n) is 4.02. The van der Waals surface area contributed by atoms with Crippen molar-refractivity contribution in [3.8, 4) is 0 Å². The number of rotatable bonds is 5. The Bertz CT molecular complexity index is 379. The molecule has 0 aromatic carbocycles. The number of aromatic nitrogens is 1. The molecular weight excluding hydrogens is 214 g/mol. The van der Waals surface area contributed by atoms with Gasteiger partial charge in [-0.2, -0.15) is 0 Å². The van der Waals surface area contributed by atoms with E-state index in [4.69, 9.17) is 0 Å². The van der Waals surface area contributed by atoms with Gasteiger partial charge in [0, 0.05) is 25.8 Å². The molecule has 1 unspecified atom stereocenters. The van der Waals surface area contributed by atoms with Crippen LogP contribution in [0, 0.1) is 0 Å². The molecule has 0 saturated carbocycles. The summed E-state index contributed by atoms with van der Waals surface area (Å²) in [7, 11) is 1.80. The van der Waals surface area contributed by atoms with Crippen molar-refractivity contribution in [2.75, 3.05) is 18.9 Å². The molecule has 0 aliphatic rings. The molecule has 0 aliphatic heterocycles. The van der Waals surface area contributed by atoms with E-state index in [0.717, 1.165) is 18.7 Å². The molecule has 1 aromatic rings. The second kappa shape index (κ2) is 6.23. The summed E-state index contributed by atoms with van der Waals surface area (Å²) in [6.07, 6.45) is 4.29. The lowest BCUT2D eigenvalue weighted by Crippen LogP contribution is -2.38. The number of anilines is 1. The van der Waals surface area contributed by atoms with Crippen LogP contribution >= 0.6 is 0 Å². The summed E-state index contributed by atoms with van der Waals surface area (Å²) < 4.78 is 0. The van der Waals surface area contributed by atoms with Gasteiger partial charge in [-0.15, -0.1) is 0 Å². The molecule has 4 heteroatoms. The lowest BCUT2D eigenvalue weighted by Gasteiger charge is -2.27. The summed E-state index contributed by atoms with van der Waals surface area (Å²) >= 11 is 0. The van der Waals surface area contributed by atoms with Gasteiger partial charge in [-0.25, -0.2) is 0 Å². The molecule has 17 heavy (non-hydrogen) atoms. The van der Waals surface area contributed by atoms with Crippen molar-refractivity contribution in [3.63, 3.8) is 0 Å². The number of nitrogens with zero attached hydrogens (tertiary/aromatic N) is 2. The Morgan fingerprint density at radius 1 is 1.53 bits per heavy atom. The lowest BCUT2D eigenvalue weighted by molar-refractivity contribution is 0.0701. The number of hydrogen-bond donors (Lipinski definition) is 1. The van der Waals surface area contributed by atoms with Crippen molar-refractivity contribution in [2.24, 2.45) is 0 Å². The van der Waals surface area contributed by atoms with Gasteiger partial charge in [0.15, 0.2) is 0 Å². The Kier molecular flexibility index (Phi) is 4.94. The van der Waals surface area contributed by atoms with E-state index in [0.29, 0.717) is 5.56 Å². The highest BCUT2D eigenvalue weighted by molar-refractivity contribution is 5.99. The minimum Gasteiger partial charge on any atom is -0.386 e. The van der Waals surface area contributed by atoms with Crippen LogP contribution in [0.1, 0.15) is 37.6 Å². The zero-order chi connectivity index (χ0) is 12.8. The third kappa shape index (κ3) is 2.96. The number of pyridine rings is 1. The van der Waals surface area contributed by atoms with Crippen LogP contribution in [0.4, 0.5) is 5.69 Å². The molecule has 94 valence electrons. The third-order valence-corrected chi connectivity index (χ3v) is 3.05. The molecule has 1 atom stereocenters. The number of carbonyl (C=O) groups excluding carboxylic acids is 1. The zero-order valence-corrected chi connectivity index (χ0v) is 11.0. The monoisotopic (exact) mass is 235 g/mol. The minimum atomic E-state index is 0.0635. The fraction of sp³-hybridized carbons (Fsp3) is 0.538. The van der Waals surface area contributed by atoms with Crippen molar-refractivity contribution < 1.29 is 4.79 Å². The Morgan fingerprint density at radius 2 is 2.24 bits per heavy atom. The summed E-state index contributed by atoms with van der Waals surface area (Å²) in [6.45, 7) is 6.89. The minimum absolute atomic E-state index is 0.0635. The maximum atomic E-state index is 12.4. The molecular formula is C13H21N3O. The van der Waals surface area contributed by atoms with Gasteiger partial charge in [0.2, 0.25) is 0 Å². The summed E-state index contributed by atoms with van der Waals surface area (Å²) in [5.74, 6) is 0.0635. The van der Waals surface area contributed by atoms with Crippen LogP contribution < -0.4 is 5.32 Å². The molecule has 1 amide bonds. The van der Waals surface area contributed by atoms with Gasteiger partial charge in [0.25, 0.3) is 5.91 Å². The van der Waals surface area contributed by atoms with Gasteiger partial charge in [-0.3, -0.25) is 9.78 Å². The first-order chi connectivity index (χ1) is 8.15. The molecule has 1 rings (SSSR count). The fourth-order valence-electron chi connectivity index (χ4n) is 1.81. The fourth-order valence-corrected chi connectivity index (χ4v) is 1.81. The van der Waals surface area contributed by atoms with E-state index in [1.54, 1.807) is 25.5 Å². The van der Waals surface area contributed by atoms with E-state index in [1.807, 2.05) is 11.8 Å².